The monoisotopic (exact) mass is 274 g/mol. The normalized spacial score (nSPS) is 12.6. The zero-order chi connectivity index (χ0) is 14.9. The molecule has 1 atom stereocenters. The van der Waals surface area contributed by atoms with Crippen LogP contribution in [0.3, 0.4) is 0 Å². The predicted octanol–water partition coefficient (Wildman–Crippen LogP) is 2.41. The van der Waals surface area contributed by atoms with Gasteiger partial charge < -0.3 is 5.11 Å². The minimum atomic E-state index is -0.860. The molecule has 0 fully saturated rings. The summed E-state index contributed by atoms with van der Waals surface area (Å²) in [5.41, 5.74) is 1.35. The Bertz CT molecular complexity index is 665. The Balaban J connectivity index is 2.36. The summed E-state index contributed by atoms with van der Waals surface area (Å²) >= 11 is 0. The molecule has 0 saturated heterocycles. The van der Waals surface area contributed by atoms with Crippen LogP contribution in [0.1, 0.15) is 38.3 Å². The Morgan fingerprint density at radius 3 is 2.15 bits per heavy atom. The van der Waals surface area contributed by atoms with E-state index in [0.717, 1.165) is 11.3 Å². The summed E-state index contributed by atoms with van der Waals surface area (Å²) < 4.78 is 3.20. The van der Waals surface area contributed by atoms with E-state index in [-0.39, 0.29) is 11.7 Å². The van der Waals surface area contributed by atoms with Crippen molar-refractivity contribution >= 4 is 5.97 Å². The summed E-state index contributed by atoms with van der Waals surface area (Å²) in [6.07, 6.45) is 3.47. The van der Waals surface area contributed by atoms with Gasteiger partial charge in [-0.2, -0.15) is 0 Å². The number of carboxylic acids is 1. The molecule has 20 heavy (non-hydrogen) atoms. The first-order valence-electron chi connectivity index (χ1n) is 6.54. The summed E-state index contributed by atoms with van der Waals surface area (Å²) in [7, 11) is 0. The average Bonchev–Trinajstić information content (AvgIpc) is 2.80. The first-order chi connectivity index (χ1) is 9.41. The number of benzene rings is 1. The van der Waals surface area contributed by atoms with E-state index in [1.165, 1.54) is 0 Å². The highest BCUT2D eigenvalue weighted by molar-refractivity contribution is 5.75. The SMILES string of the molecule is CC(C(=O)O)c1ccc(-n2ccn(C(C)C)c2=O)cc1. The molecule has 0 radical (unpaired) electrons. The molecular weight excluding hydrogens is 256 g/mol. The first-order valence-corrected chi connectivity index (χ1v) is 6.54. The molecule has 1 N–H and O–H groups in total. The molecule has 2 aromatic rings. The zero-order valence-electron chi connectivity index (χ0n) is 11.8. The third kappa shape index (κ3) is 2.52. The van der Waals surface area contributed by atoms with Gasteiger partial charge in [-0.1, -0.05) is 12.1 Å². The zero-order valence-corrected chi connectivity index (χ0v) is 11.8. The topological polar surface area (TPSA) is 64.2 Å². The lowest BCUT2D eigenvalue weighted by Crippen LogP contribution is -2.24. The highest BCUT2D eigenvalue weighted by atomic mass is 16.4. The summed E-state index contributed by atoms with van der Waals surface area (Å²) in [6, 6.07) is 7.12. The Morgan fingerprint density at radius 2 is 1.70 bits per heavy atom. The molecule has 1 aromatic carbocycles. The van der Waals surface area contributed by atoms with E-state index >= 15 is 0 Å². The van der Waals surface area contributed by atoms with Gasteiger partial charge in [-0.15, -0.1) is 0 Å². The van der Waals surface area contributed by atoms with Crippen molar-refractivity contribution in [2.45, 2.75) is 32.7 Å². The second-order valence-corrected chi connectivity index (χ2v) is 5.10. The lowest BCUT2D eigenvalue weighted by atomic mass is 10.0. The molecule has 2 rings (SSSR count). The van der Waals surface area contributed by atoms with Gasteiger partial charge in [0.05, 0.1) is 11.6 Å². The van der Waals surface area contributed by atoms with Gasteiger partial charge in [0.15, 0.2) is 0 Å². The van der Waals surface area contributed by atoms with Crippen LogP contribution in [-0.4, -0.2) is 20.2 Å². The minimum absolute atomic E-state index is 0.0981. The van der Waals surface area contributed by atoms with Crippen molar-refractivity contribution in [1.82, 2.24) is 9.13 Å². The van der Waals surface area contributed by atoms with Crippen molar-refractivity contribution in [3.8, 4) is 5.69 Å². The van der Waals surface area contributed by atoms with Crippen molar-refractivity contribution in [2.75, 3.05) is 0 Å². The maximum atomic E-state index is 12.2. The molecule has 5 heteroatoms. The van der Waals surface area contributed by atoms with Crippen LogP contribution in [0.15, 0.2) is 41.5 Å². The van der Waals surface area contributed by atoms with E-state index in [0.29, 0.717) is 0 Å². The summed E-state index contributed by atoms with van der Waals surface area (Å²) in [6.45, 7) is 5.53. The van der Waals surface area contributed by atoms with E-state index in [1.54, 1.807) is 52.7 Å². The molecule has 0 aliphatic rings. The summed E-state index contributed by atoms with van der Waals surface area (Å²) in [4.78, 5) is 23.1. The summed E-state index contributed by atoms with van der Waals surface area (Å²) in [5.74, 6) is -1.41. The number of carboxylic acid groups (broad SMARTS) is 1. The fourth-order valence-corrected chi connectivity index (χ4v) is 2.05. The molecule has 0 saturated carbocycles. The van der Waals surface area contributed by atoms with Crippen molar-refractivity contribution in [3.63, 3.8) is 0 Å². The van der Waals surface area contributed by atoms with E-state index in [4.69, 9.17) is 5.11 Å². The maximum absolute atomic E-state index is 12.2. The smallest absolute Gasteiger partial charge is 0.332 e. The van der Waals surface area contributed by atoms with Crippen LogP contribution in [0.2, 0.25) is 0 Å². The van der Waals surface area contributed by atoms with Gasteiger partial charge in [0.2, 0.25) is 0 Å². The van der Waals surface area contributed by atoms with E-state index < -0.39 is 11.9 Å². The number of hydrogen-bond acceptors (Lipinski definition) is 2. The van der Waals surface area contributed by atoms with Crippen molar-refractivity contribution < 1.29 is 9.90 Å². The first kappa shape index (κ1) is 14.1. The average molecular weight is 274 g/mol. The van der Waals surface area contributed by atoms with Crippen LogP contribution in [0.25, 0.3) is 5.69 Å². The molecule has 0 spiro atoms. The molecule has 0 amide bonds. The lowest BCUT2D eigenvalue weighted by molar-refractivity contribution is -0.138. The van der Waals surface area contributed by atoms with Gasteiger partial charge in [0.25, 0.3) is 0 Å². The standard InChI is InChI=1S/C15H18N2O3/c1-10(2)16-8-9-17(15(16)20)13-6-4-12(5-7-13)11(3)14(18)19/h4-11H,1-3H3,(H,18,19). The Morgan fingerprint density at radius 1 is 1.10 bits per heavy atom. The van der Waals surface area contributed by atoms with Crippen molar-refractivity contribution in [2.24, 2.45) is 0 Å². The van der Waals surface area contributed by atoms with Crippen LogP contribution in [0, 0.1) is 0 Å². The molecule has 1 unspecified atom stereocenters. The van der Waals surface area contributed by atoms with Crippen LogP contribution in [0.5, 0.6) is 0 Å². The number of aliphatic carboxylic acids is 1. The third-order valence-corrected chi connectivity index (χ3v) is 3.40. The van der Waals surface area contributed by atoms with Gasteiger partial charge in [-0.25, -0.2) is 4.79 Å². The van der Waals surface area contributed by atoms with Gasteiger partial charge in [0, 0.05) is 18.4 Å². The number of rotatable bonds is 4. The minimum Gasteiger partial charge on any atom is -0.481 e. The fourth-order valence-electron chi connectivity index (χ4n) is 2.05. The second kappa shape index (κ2) is 5.36. The molecule has 0 aliphatic carbocycles. The lowest BCUT2D eigenvalue weighted by Gasteiger charge is -2.08. The molecule has 106 valence electrons. The van der Waals surface area contributed by atoms with E-state index in [1.807, 2.05) is 13.8 Å². The van der Waals surface area contributed by atoms with Crippen LogP contribution >= 0.6 is 0 Å². The Hall–Kier alpha value is -2.30. The molecule has 1 aromatic heterocycles. The van der Waals surface area contributed by atoms with Crippen LogP contribution in [-0.2, 0) is 4.79 Å². The number of hydrogen-bond donors (Lipinski definition) is 1. The molecule has 0 bridgehead atoms. The van der Waals surface area contributed by atoms with Gasteiger partial charge in [-0.3, -0.25) is 13.9 Å². The molecule has 5 nitrogen and oxygen atoms in total. The predicted molar refractivity (Wildman–Crippen MR) is 76.5 cm³/mol. The third-order valence-electron chi connectivity index (χ3n) is 3.40. The highest BCUT2D eigenvalue weighted by Gasteiger charge is 2.14. The number of imidazole rings is 1. The number of aromatic nitrogens is 2. The summed E-state index contributed by atoms with van der Waals surface area (Å²) in [5, 5.41) is 8.97. The Labute approximate surface area is 117 Å². The van der Waals surface area contributed by atoms with Crippen molar-refractivity contribution in [1.29, 1.82) is 0 Å². The van der Waals surface area contributed by atoms with Crippen LogP contribution in [0.4, 0.5) is 0 Å². The van der Waals surface area contributed by atoms with Gasteiger partial charge >= 0.3 is 11.7 Å². The molecule has 1 heterocycles. The number of carbonyl (C=O) groups is 1. The van der Waals surface area contributed by atoms with Gasteiger partial charge in [0.1, 0.15) is 0 Å². The number of nitrogens with zero attached hydrogens (tertiary/aromatic N) is 2. The van der Waals surface area contributed by atoms with Gasteiger partial charge in [-0.05, 0) is 38.5 Å². The Kier molecular flexibility index (Phi) is 3.79. The fraction of sp³-hybridized carbons (Fsp3) is 0.333. The molecular formula is C15H18N2O3. The maximum Gasteiger partial charge on any atom is 0.332 e. The second-order valence-electron chi connectivity index (χ2n) is 5.10. The molecule has 0 aliphatic heterocycles. The quantitative estimate of drug-likeness (QED) is 0.931. The highest BCUT2D eigenvalue weighted by Crippen LogP contribution is 2.17. The largest absolute Gasteiger partial charge is 0.481 e. The van der Waals surface area contributed by atoms with E-state index in [2.05, 4.69) is 0 Å². The van der Waals surface area contributed by atoms with Crippen LogP contribution < -0.4 is 5.69 Å². The van der Waals surface area contributed by atoms with E-state index in [9.17, 15) is 9.59 Å². The van der Waals surface area contributed by atoms with Crippen molar-refractivity contribution in [3.05, 3.63) is 52.7 Å².